The molecule has 2 saturated heterocycles. The number of nitrogens with zero attached hydrogens (tertiary/aromatic N) is 7. The number of halogens is 3. The number of carbonyl (C=O) groups excluding carboxylic acids is 2. The molecule has 2 aromatic rings. The number of aromatic nitrogens is 4. The minimum absolute atomic E-state index is 0.0271. The van der Waals surface area contributed by atoms with E-state index >= 15 is 0 Å². The first-order valence-electron chi connectivity index (χ1n) is 11.6. The highest BCUT2D eigenvalue weighted by atomic mass is 19.4. The Kier molecular flexibility index (Phi) is 6.47. The quantitative estimate of drug-likeness (QED) is 0.328. The Morgan fingerprint density at radius 2 is 1.89 bits per heavy atom. The van der Waals surface area contributed by atoms with Crippen molar-refractivity contribution in [1.29, 1.82) is 0 Å². The van der Waals surface area contributed by atoms with E-state index in [0.29, 0.717) is 5.69 Å². The van der Waals surface area contributed by atoms with E-state index in [1.807, 2.05) is 0 Å². The number of amides is 3. The minimum Gasteiger partial charge on any atom is -0.395 e. The van der Waals surface area contributed by atoms with Crippen LogP contribution in [0.2, 0.25) is 0 Å². The van der Waals surface area contributed by atoms with E-state index in [2.05, 4.69) is 15.1 Å². The van der Waals surface area contributed by atoms with Crippen molar-refractivity contribution in [2.24, 2.45) is 0 Å². The van der Waals surface area contributed by atoms with Crippen LogP contribution in [-0.4, -0.2) is 107 Å². The molecule has 0 aromatic carbocycles. The number of aliphatic hydroxyl groups is 3. The molecule has 3 amide bonds. The van der Waals surface area contributed by atoms with Crippen LogP contribution >= 0.6 is 0 Å². The maximum absolute atomic E-state index is 13.4. The van der Waals surface area contributed by atoms with E-state index < -0.39 is 42.7 Å². The van der Waals surface area contributed by atoms with Crippen molar-refractivity contribution in [3.8, 4) is 11.4 Å². The van der Waals surface area contributed by atoms with Crippen molar-refractivity contribution < 1.29 is 38.1 Å². The Balaban J connectivity index is 1.41. The van der Waals surface area contributed by atoms with Crippen molar-refractivity contribution >= 4 is 18.1 Å². The number of hydrogen-bond donors (Lipinski definition) is 3. The second-order valence-electron chi connectivity index (χ2n) is 9.16. The van der Waals surface area contributed by atoms with Crippen LogP contribution in [0.25, 0.3) is 17.6 Å². The molecule has 3 aliphatic rings. The van der Waals surface area contributed by atoms with E-state index in [9.17, 15) is 38.1 Å². The summed E-state index contributed by atoms with van der Waals surface area (Å²) in [7, 11) is 0. The summed E-state index contributed by atoms with van der Waals surface area (Å²) in [6, 6.07) is 1.61. The summed E-state index contributed by atoms with van der Waals surface area (Å²) in [6.07, 6.45) is -2.55. The third-order valence-electron chi connectivity index (χ3n) is 6.35. The lowest BCUT2D eigenvalue weighted by Crippen LogP contribution is -2.58. The SMILES string of the molecule is O=C1/C(=C/n2cnc(-c3cc(C4CC4)nc(C(F)(F)F)c3)n2)N(CCO)C(=O)N1CC(O)N1CC(O)C1. The van der Waals surface area contributed by atoms with Gasteiger partial charge in [0.2, 0.25) is 0 Å². The fourth-order valence-electron chi connectivity index (χ4n) is 4.21. The predicted molar refractivity (Wildman–Crippen MR) is 119 cm³/mol. The maximum atomic E-state index is 13.4. The van der Waals surface area contributed by atoms with Crippen LogP contribution in [0, 0.1) is 0 Å². The van der Waals surface area contributed by atoms with Crippen LogP contribution in [0.1, 0.15) is 30.1 Å². The fraction of sp³-hybridized carbons (Fsp3) is 0.500. The van der Waals surface area contributed by atoms with Gasteiger partial charge in [-0.2, -0.15) is 13.2 Å². The molecule has 0 radical (unpaired) electrons. The highest BCUT2D eigenvalue weighted by Crippen LogP contribution is 2.41. The molecule has 0 spiro atoms. The van der Waals surface area contributed by atoms with Crippen LogP contribution in [-0.2, 0) is 11.0 Å². The lowest BCUT2D eigenvalue weighted by atomic mass is 10.1. The molecule has 5 rings (SSSR count). The fourth-order valence-corrected chi connectivity index (χ4v) is 4.21. The van der Waals surface area contributed by atoms with Crippen molar-refractivity contribution in [1.82, 2.24) is 34.4 Å². The molecule has 3 fully saturated rings. The predicted octanol–water partition coefficient (Wildman–Crippen LogP) is 0.286. The Bertz CT molecular complexity index is 1240. The van der Waals surface area contributed by atoms with Crippen LogP contribution in [0.4, 0.5) is 18.0 Å². The molecular weight excluding hydrogens is 499 g/mol. The highest BCUT2D eigenvalue weighted by molar-refractivity contribution is 6.13. The molecule has 1 saturated carbocycles. The third kappa shape index (κ3) is 5.07. The summed E-state index contributed by atoms with van der Waals surface area (Å²) in [6.45, 7) is -0.606. The average molecular weight is 523 g/mol. The van der Waals surface area contributed by atoms with Gasteiger partial charge in [0.15, 0.2) is 5.82 Å². The Hall–Kier alpha value is -3.40. The molecule has 4 heterocycles. The van der Waals surface area contributed by atoms with Crippen molar-refractivity contribution in [3.63, 3.8) is 0 Å². The summed E-state index contributed by atoms with van der Waals surface area (Å²) in [4.78, 5) is 37.0. The monoisotopic (exact) mass is 523 g/mol. The highest BCUT2D eigenvalue weighted by Gasteiger charge is 2.43. The van der Waals surface area contributed by atoms with Crippen LogP contribution in [0.5, 0.6) is 0 Å². The molecule has 1 atom stereocenters. The van der Waals surface area contributed by atoms with Gasteiger partial charge in [0.1, 0.15) is 23.9 Å². The van der Waals surface area contributed by atoms with Gasteiger partial charge in [0.25, 0.3) is 5.91 Å². The molecule has 2 aliphatic heterocycles. The van der Waals surface area contributed by atoms with Gasteiger partial charge in [0.05, 0.1) is 32.0 Å². The number of likely N-dealkylation sites (tertiary alicyclic amines) is 1. The topological polar surface area (TPSA) is 148 Å². The Morgan fingerprint density at radius 1 is 1.16 bits per heavy atom. The number of alkyl halides is 3. The van der Waals surface area contributed by atoms with Gasteiger partial charge in [-0.3, -0.25) is 19.5 Å². The van der Waals surface area contributed by atoms with E-state index in [1.165, 1.54) is 23.5 Å². The smallest absolute Gasteiger partial charge is 0.395 e. The summed E-state index contributed by atoms with van der Waals surface area (Å²) < 4.78 is 41.3. The van der Waals surface area contributed by atoms with Gasteiger partial charge in [-0.25, -0.2) is 19.4 Å². The number of carbonyl (C=O) groups is 2. The Labute approximate surface area is 208 Å². The molecule has 12 nitrogen and oxygen atoms in total. The zero-order chi connectivity index (χ0) is 26.5. The number of imide groups is 1. The average Bonchev–Trinajstić information content (AvgIpc) is 3.54. The number of urea groups is 1. The van der Waals surface area contributed by atoms with Crippen LogP contribution in [0.15, 0.2) is 24.2 Å². The number of pyridine rings is 1. The molecule has 15 heteroatoms. The molecule has 1 aliphatic carbocycles. The van der Waals surface area contributed by atoms with Crippen molar-refractivity contribution in [3.05, 3.63) is 35.5 Å². The van der Waals surface area contributed by atoms with Gasteiger partial charge >= 0.3 is 12.2 Å². The van der Waals surface area contributed by atoms with Gasteiger partial charge in [-0.1, -0.05) is 0 Å². The number of aliphatic hydroxyl groups excluding tert-OH is 3. The number of β-amino-alcohol motifs (C(OH)–C–C–N with tert-alkyl or cyclic N) is 3. The zero-order valence-electron chi connectivity index (χ0n) is 19.4. The first-order chi connectivity index (χ1) is 17.5. The third-order valence-corrected chi connectivity index (χ3v) is 6.35. The van der Waals surface area contributed by atoms with Crippen molar-refractivity contribution in [2.75, 3.05) is 32.8 Å². The lowest BCUT2D eigenvalue weighted by Gasteiger charge is -2.39. The van der Waals surface area contributed by atoms with Gasteiger partial charge in [-0.05, 0) is 25.0 Å². The molecule has 37 heavy (non-hydrogen) atoms. The molecule has 198 valence electrons. The van der Waals surface area contributed by atoms with Crippen molar-refractivity contribution in [2.45, 2.75) is 37.3 Å². The molecule has 1 unspecified atom stereocenters. The van der Waals surface area contributed by atoms with Gasteiger partial charge in [-0.15, -0.1) is 5.10 Å². The molecule has 3 N–H and O–H groups in total. The summed E-state index contributed by atoms with van der Waals surface area (Å²) in [5, 5.41) is 33.3. The maximum Gasteiger partial charge on any atom is 0.433 e. The molecule has 0 bridgehead atoms. The second kappa shape index (κ2) is 9.48. The van der Waals surface area contributed by atoms with Gasteiger partial charge in [0, 0.05) is 30.3 Å². The zero-order valence-corrected chi connectivity index (χ0v) is 19.4. The molecule has 2 aromatic heterocycles. The normalized spacial score (nSPS) is 21.3. The summed E-state index contributed by atoms with van der Waals surface area (Å²) in [5.74, 6) is -0.823. The number of hydrogen-bond acceptors (Lipinski definition) is 9. The first-order valence-corrected chi connectivity index (χ1v) is 11.6. The molecular formula is C22H24F3N7O5. The largest absolute Gasteiger partial charge is 0.433 e. The minimum atomic E-state index is -4.65. The summed E-state index contributed by atoms with van der Waals surface area (Å²) in [5.41, 5.74) is -0.773. The van der Waals surface area contributed by atoms with Crippen LogP contribution < -0.4 is 0 Å². The lowest BCUT2D eigenvalue weighted by molar-refractivity contribution is -0.141. The summed E-state index contributed by atoms with van der Waals surface area (Å²) >= 11 is 0. The standard InChI is InChI=1S/C22H24F3N7O5/c23-22(24,25)17-6-13(5-15(27-17)12-1-2-12)19-26-11-30(28-19)9-16-20(36)32(21(37)31(16)3-4-33)10-18(35)29-7-14(34)8-29/h5-6,9,11-12,14,18,33-35H,1-4,7-8,10H2/b16-9-. The van der Waals surface area contributed by atoms with Gasteiger partial charge < -0.3 is 15.3 Å². The van der Waals surface area contributed by atoms with E-state index in [-0.39, 0.29) is 49.2 Å². The van der Waals surface area contributed by atoms with E-state index in [4.69, 9.17) is 0 Å². The first kappa shape index (κ1) is 25.3. The number of rotatable bonds is 8. The Morgan fingerprint density at radius 3 is 2.51 bits per heavy atom. The second-order valence-corrected chi connectivity index (χ2v) is 9.16. The van der Waals surface area contributed by atoms with E-state index in [1.54, 1.807) is 0 Å². The van der Waals surface area contributed by atoms with E-state index in [0.717, 1.165) is 33.4 Å². The van der Waals surface area contributed by atoms with Crippen LogP contribution in [0.3, 0.4) is 0 Å².